The minimum Gasteiger partial charge on any atom is -0.478 e. The van der Waals surface area contributed by atoms with Gasteiger partial charge in [-0.15, -0.1) is 0 Å². The Labute approximate surface area is 100 Å². The smallest absolute Gasteiger partial charge is 0.335 e. The number of aromatic carboxylic acids is 1. The van der Waals surface area contributed by atoms with E-state index in [2.05, 4.69) is 25.8 Å². The van der Waals surface area contributed by atoms with Gasteiger partial charge in [0.05, 0.1) is 5.56 Å². The first-order valence-electron chi connectivity index (χ1n) is 5.70. The fraction of sp³-hybridized carbons (Fsp3) is 0.357. The van der Waals surface area contributed by atoms with E-state index >= 15 is 0 Å². The Balaban J connectivity index is 2.50. The average Bonchev–Trinajstić information content (AvgIpc) is 2.58. The molecule has 0 radical (unpaired) electrons. The van der Waals surface area contributed by atoms with Gasteiger partial charge in [-0.3, -0.25) is 0 Å². The van der Waals surface area contributed by atoms with Crippen LogP contribution in [0.25, 0.3) is 10.9 Å². The molecule has 1 heterocycles. The van der Waals surface area contributed by atoms with Crippen molar-refractivity contribution >= 4 is 16.9 Å². The highest BCUT2D eigenvalue weighted by atomic mass is 16.4. The summed E-state index contributed by atoms with van der Waals surface area (Å²) in [7, 11) is 0. The molecular formula is C14H17NO2. The normalized spacial score (nSPS) is 11.9. The molecule has 0 saturated carbocycles. The van der Waals surface area contributed by atoms with Crippen molar-refractivity contribution in [1.29, 1.82) is 0 Å². The van der Waals surface area contributed by atoms with Gasteiger partial charge in [-0.25, -0.2) is 4.79 Å². The summed E-state index contributed by atoms with van der Waals surface area (Å²) in [6.07, 6.45) is 2.90. The number of fused-ring (bicyclic) bond motifs is 1. The quantitative estimate of drug-likeness (QED) is 0.831. The van der Waals surface area contributed by atoms with Gasteiger partial charge >= 0.3 is 5.97 Å². The highest BCUT2D eigenvalue weighted by molar-refractivity contribution is 5.94. The van der Waals surface area contributed by atoms with Crippen LogP contribution >= 0.6 is 0 Å². The first-order chi connectivity index (χ1) is 7.87. The molecule has 1 aromatic carbocycles. The Morgan fingerprint density at radius 1 is 1.35 bits per heavy atom. The van der Waals surface area contributed by atoms with Gasteiger partial charge in [-0.2, -0.15) is 0 Å². The molecule has 0 saturated heterocycles. The molecule has 0 amide bonds. The van der Waals surface area contributed by atoms with Crippen LogP contribution in [0.2, 0.25) is 0 Å². The summed E-state index contributed by atoms with van der Waals surface area (Å²) in [5.41, 5.74) is 2.70. The number of carboxylic acids is 1. The molecular weight excluding hydrogens is 214 g/mol. The fourth-order valence-electron chi connectivity index (χ4n) is 2.03. The zero-order valence-corrected chi connectivity index (χ0v) is 10.4. The topological polar surface area (TPSA) is 53.1 Å². The molecule has 0 aliphatic heterocycles. The molecule has 2 N–H and O–H groups in total. The largest absolute Gasteiger partial charge is 0.478 e. The van der Waals surface area contributed by atoms with Gasteiger partial charge in [-0.1, -0.05) is 20.8 Å². The van der Waals surface area contributed by atoms with Gasteiger partial charge < -0.3 is 10.1 Å². The van der Waals surface area contributed by atoms with Crippen molar-refractivity contribution in [3.8, 4) is 0 Å². The molecule has 0 aliphatic carbocycles. The summed E-state index contributed by atoms with van der Waals surface area (Å²) in [4.78, 5) is 14.1. The second-order valence-corrected chi connectivity index (χ2v) is 5.62. The van der Waals surface area contributed by atoms with E-state index in [1.54, 1.807) is 12.1 Å². The van der Waals surface area contributed by atoms with Crippen LogP contribution in [-0.4, -0.2) is 16.1 Å². The third-order valence-corrected chi connectivity index (χ3v) is 2.74. The highest BCUT2D eigenvalue weighted by Crippen LogP contribution is 2.27. The molecule has 0 bridgehead atoms. The van der Waals surface area contributed by atoms with Crippen molar-refractivity contribution in [3.05, 3.63) is 35.5 Å². The summed E-state index contributed by atoms with van der Waals surface area (Å²) in [6, 6.07) is 5.20. The second-order valence-electron chi connectivity index (χ2n) is 5.62. The molecule has 0 aliphatic rings. The third-order valence-electron chi connectivity index (χ3n) is 2.74. The minimum absolute atomic E-state index is 0.189. The number of carbonyl (C=O) groups is 1. The molecule has 3 nitrogen and oxygen atoms in total. The number of nitrogens with one attached hydrogen (secondary N) is 1. The molecule has 2 rings (SSSR count). The van der Waals surface area contributed by atoms with E-state index in [1.165, 1.54) is 5.56 Å². The van der Waals surface area contributed by atoms with Gasteiger partial charge in [-0.05, 0) is 35.6 Å². The monoisotopic (exact) mass is 231 g/mol. The van der Waals surface area contributed by atoms with E-state index in [-0.39, 0.29) is 5.41 Å². The van der Waals surface area contributed by atoms with E-state index in [1.807, 2.05) is 12.3 Å². The average molecular weight is 231 g/mol. The summed E-state index contributed by atoms with van der Waals surface area (Å²) in [6.45, 7) is 6.52. The van der Waals surface area contributed by atoms with Crippen LogP contribution < -0.4 is 0 Å². The standard InChI is InChI=1S/C14H17NO2/c1-14(2,3)7-10-8-15-12-5-4-9(13(16)17)6-11(10)12/h4-6,8,15H,7H2,1-3H3,(H,16,17). The van der Waals surface area contributed by atoms with E-state index in [0.717, 1.165) is 17.3 Å². The number of hydrogen-bond acceptors (Lipinski definition) is 1. The van der Waals surface area contributed by atoms with Crippen LogP contribution in [0.4, 0.5) is 0 Å². The van der Waals surface area contributed by atoms with E-state index in [4.69, 9.17) is 5.11 Å². The molecule has 0 atom stereocenters. The third kappa shape index (κ3) is 2.49. The van der Waals surface area contributed by atoms with Crippen LogP contribution in [0.3, 0.4) is 0 Å². The van der Waals surface area contributed by atoms with Gasteiger partial charge in [0.2, 0.25) is 0 Å². The number of hydrogen-bond donors (Lipinski definition) is 2. The second kappa shape index (κ2) is 3.91. The maximum Gasteiger partial charge on any atom is 0.335 e. The van der Waals surface area contributed by atoms with Gasteiger partial charge in [0.25, 0.3) is 0 Å². The number of rotatable bonds is 2. The van der Waals surface area contributed by atoms with Crippen molar-refractivity contribution in [2.75, 3.05) is 0 Å². The lowest BCUT2D eigenvalue weighted by molar-refractivity contribution is 0.0697. The Morgan fingerprint density at radius 3 is 2.65 bits per heavy atom. The molecule has 0 spiro atoms. The number of aromatic amines is 1. The van der Waals surface area contributed by atoms with Crippen LogP contribution in [0, 0.1) is 5.41 Å². The summed E-state index contributed by atoms with van der Waals surface area (Å²) in [5, 5.41) is 10.0. The predicted octanol–water partition coefficient (Wildman–Crippen LogP) is 3.45. The fourth-order valence-corrected chi connectivity index (χ4v) is 2.03. The number of H-pyrrole nitrogens is 1. The van der Waals surface area contributed by atoms with Crippen molar-refractivity contribution in [1.82, 2.24) is 4.98 Å². The molecule has 2 aromatic rings. The summed E-state index contributed by atoms with van der Waals surface area (Å²) >= 11 is 0. The van der Waals surface area contributed by atoms with Crippen molar-refractivity contribution in [3.63, 3.8) is 0 Å². The highest BCUT2D eigenvalue weighted by Gasteiger charge is 2.15. The maximum atomic E-state index is 11.0. The zero-order valence-electron chi connectivity index (χ0n) is 10.4. The van der Waals surface area contributed by atoms with E-state index < -0.39 is 5.97 Å². The molecule has 1 aromatic heterocycles. The lowest BCUT2D eigenvalue weighted by Gasteiger charge is -2.17. The van der Waals surface area contributed by atoms with Crippen molar-refractivity contribution in [2.24, 2.45) is 5.41 Å². The Hall–Kier alpha value is -1.77. The Morgan fingerprint density at radius 2 is 2.06 bits per heavy atom. The van der Waals surface area contributed by atoms with Gasteiger partial charge in [0.15, 0.2) is 0 Å². The van der Waals surface area contributed by atoms with Crippen LogP contribution in [0.5, 0.6) is 0 Å². The molecule has 0 fully saturated rings. The van der Waals surface area contributed by atoms with Crippen LogP contribution in [0.1, 0.15) is 36.7 Å². The maximum absolute atomic E-state index is 11.0. The van der Waals surface area contributed by atoms with Crippen molar-refractivity contribution in [2.45, 2.75) is 27.2 Å². The summed E-state index contributed by atoms with van der Waals surface area (Å²) in [5.74, 6) is -0.880. The molecule has 0 unspecified atom stereocenters. The predicted molar refractivity (Wildman–Crippen MR) is 68.4 cm³/mol. The molecule has 17 heavy (non-hydrogen) atoms. The SMILES string of the molecule is CC(C)(C)Cc1c[nH]c2ccc(C(=O)O)cc12. The van der Waals surface area contributed by atoms with Crippen LogP contribution in [0.15, 0.2) is 24.4 Å². The first-order valence-corrected chi connectivity index (χ1v) is 5.70. The van der Waals surface area contributed by atoms with Crippen LogP contribution in [-0.2, 0) is 6.42 Å². The van der Waals surface area contributed by atoms with E-state index in [9.17, 15) is 4.79 Å². The first kappa shape index (κ1) is 11.7. The minimum atomic E-state index is -0.880. The van der Waals surface area contributed by atoms with E-state index in [0.29, 0.717) is 5.56 Å². The molecule has 3 heteroatoms. The zero-order chi connectivity index (χ0) is 12.6. The Bertz CT molecular complexity index is 561. The number of aromatic nitrogens is 1. The summed E-state index contributed by atoms with van der Waals surface area (Å²) < 4.78 is 0. The number of benzene rings is 1. The lowest BCUT2D eigenvalue weighted by atomic mass is 9.88. The van der Waals surface area contributed by atoms with Gasteiger partial charge in [0.1, 0.15) is 0 Å². The van der Waals surface area contributed by atoms with Gasteiger partial charge in [0, 0.05) is 17.1 Å². The molecule has 90 valence electrons. The lowest BCUT2D eigenvalue weighted by Crippen LogP contribution is -2.08. The van der Waals surface area contributed by atoms with Crippen molar-refractivity contribution < 1.29 is 9.90 Å². The Kier molecular flexibility index (Phi) is 2.69. The number of carboxylic acid groups (broad SMARTS) is 1.